The first-order valence-electron chi connectivity index (χ1n) is 7.88. The number of ether oxygens (including phenoxy) is 2. The highest BCUT2D eigenvalue weighted by atomic mass is 28.4. The van der Waals surface area contributed by atoms with Gasteiger partial charge in [-0.1, -0.05) is 6.07 Å². The molecule has 25 heavy (non-hydrogen) atoms. The topological polar surface area (TPSA) is 44.8 Å². The van der Waals surface area contributed by atoms with Crippen LogP contribution >= 0.6 is 0 Å². The van der Waals surface area contributed by atoms with Gasteiger partial charge in [-0.05, 0) is 49.8 Å². The quantitative estimate of drug-likeness (QED) is 0.520. The van der Waals surface area contributed by atoms with Gasteiger partial charge in [-0.2, -0.15) is 13.2 Å². The summed E-state index contributed by atoms with van der Waals surface area (Å²) in [5, 5.41) is 0. The molecule has 0 radical (unpaired) electrons. The summed E-state index contributed by atoms with van der Waals surface area (Å²) >= 11 is 0. The van der Waals surface area contributed by atoms with Crippen LogP contribution in [0.5, 0.6) is 5.75 Å². The first kappa shape index (κ1) is 21.5. The molecule has 0 N–H and O–H groups in total. The predicted molar refractivity (Wildman–Crippen MR) is 91.2 cm³/mol. The summed E-state index contributed by atoms with van der Waals surface area (Å²) < 4.78 is 57.3. The molecular formula is C17H25F3O4Si. The summed E-state index contributed by atoms with van der Waals surface area (Å²) in [4.78, 5) is 10.9. The van der Waals surface area contributed by atoms with Crippen molar-refractivity contribution in [3.05, 3.63) is 29.3 Å². The van der Waals surface area contributed by atoms with Crippen LogP contribution in [-0.2, 0) is 26.0 Å². The molecule has 142 valence electrons. The van der Waals surface area contributed by atoms with Crippen molar-refractivity contribution >= 4 is 14.3 Å². The molecule has 0 aliphatic carbocycles. The van der Waals surface area contributed by atoms with Gasteiger partial charge in [-0.25, -0.2) is 0 Å². The van der Waals surface area contributed by atoms with Crippen LogP contribution in [0.2, 0.25) is 19.6 Å². The third-order valence-corrected chi connectivity index (χ3v) is 4.57. The number of carbonyl (C=O) groups is 1. The van der Waals surface area contributed by atoms with E-state index in [-0.39, 0.29) is 18.6 Å². The zero-order valence-electron chi connectivity index (χ0n) is 15.4. The van der Waals surface area contributed by atoms with Crippen LogP contribution < -0.4 is 4.74 Å². The van der Waals surface area contributed by atoms with Gasteiger partial charge in [0.15, 0.2) is 13.9 Å². The standard InChI is InChI=1S/C17H25F3O4Si/c1-12(21)23-10-9-13-11-14(22-3)7-8-15(13)16(2,17(18,19)20)24-25(4,5)6/h7-8,11H,9-10H2,1-6H3. The molecule has 0 fully saturated rings. The molecule has 8 heteroatoms. The lowest BCUT2D eigenvalue weighted by Gasteiger charge is -2.39. The van der Waals surface area contributed by atoms with E-state index in [1.54, 1.807) is 19.6 Å². The number of hydrogen-bond donors (Lipinski definition) is 0. The minimum absolute atomic E-state index is 0.00961. The van der Waals surface area contributed by atoms with E-state index in [9.17, 15) is 18.0 Å². The molecule has 1 aromatic rings. The number of carbonyl (C=O) groups excluding carboxylic acids is 1. The Morgan fingerprint density at radius 1 is 1.20 bits per heavy atom. The lowest BCUT2D eigenvalue weighted by atomic mass is 9.89. The number of rotatable bonds is 7. The van der Waals surface area contributed by atoms with Gasteiger partial charge in [0.1, 0.15) is 5.75 Å². The van der Waals surface area contributed by atoms with Crippen molar-refractivity contribution in [1.82, 2.24) is 0 Å². The zero-order valence-corrected chi connectivity index (χ0v) is 16.4. The van der Waals surface area contributed by atoms with Gasteiger partial charge in [0.2, 0.25) is 0 Å². The molecule has 0 saturated heterocycles. The van der Waals surface area contributed by atoms with Gasteiger partial charge < -0.3 is 13.9 Å². The van der Waals surface area contributed by atoms with Crippen molar-refractivity contribution in [1.29, 1.82) is 0 Å². The molecule has 0 heterocycles. The Balaban J connectivity index is 3.39. The predicted octanol–water partition coefficient (Wildman–Crippen LogP) is 4.43. The number of halogens is 3. The summed E-state index contributed by atoms with van der Waals surface area (Å²) in [5.41, 5.74) is -2.07. The summed E-state index contributed by atoms with van der Waals surface area (Å²) in [6.45, 7) is 7.40. The molecular weight excluding hydrogens is 353 g/mol. The second kappa shape index (κ2) is 7.78. The number of hydrogen-bond acceptors (Lipinski definition) is 4. The van der Waals surface area contributed by atoms with Gasteiger partial charge in [0.25, 0.3) is 0 Å². The van der Waals surface area contributed by atoms with Crippen LogP contribution in [0.15, 0.2) is 18.2 Å². The molecule has 0 aliphatic heterocycles. The fraction of sp³-hybridized carbons (Fsp3) is 0.588. The molecule has 0 aromatic heterocycles. The maximum absolute atomic E-state index is 13.9. The van der Waals surface area contributed by atoms with Gasteiger partial charge in [-0.15, -0.1) is 0 Å². The molecule has 0 saturated carbocycles. The molecule has 1 aromatic carbocycles. The Hall–Kier alpha value is -1.54. The molecule has 1 unspecified atom stereocenters. The maximum Gasteiger partial charge on any atom is 0.420 e. The second-order valence-electron chi connectivity index (χ2n) is 6.86. The van der Waals surface area contributed by atoms with Gasteiger partial charge in [0, 0.05) is 13.3 Å². The molecule has 4 nitrogen and oxygen atoms in total. The average Bonchev–Trinajstić information content (AvgIpc) is 2.43. The first-order valence-corrected chi connectivity index (χ1v) is 11.3. The summed E-state index contributed by atoms with van der Waals surface area (Å²) in [5.74, 6) is -0.0551. The molecule has 0 aliphatic rings. The number of benzene rings is 1. The van der Waals surface area contributed by atoms with Crippen LogP contribution in [0.3, 0.4) is 0 Å². The lowest BCUT2D eigenvalue weighted by molar-refractivity contribution is -0.251. The molecule has 0 spiro atoms. The minimum Gasteiger partial charge on any atom is -0.497 e. The second-order valence-corrected chi connectivity index (χ2v) is 11.3. The largest absolute Gasteiger partial charge is 0.497 e. The third-order valence-electron chi connectivity index (χ3n) is 3.55. The third kappa shape index (κ3) is 5.74. The SMILES string of the molecule is COc1ccc(C(C)(O[Si](C)(C)C)C(F)(F)F)c(CCOC(C)=O)c1. The lowest BCUT2D eigenvalue weighted by Crippen LogP contribution is -2.49. The van der Waals surface area contributed by atoms with E-state index in [0.717, 1.165) is 6.92 Å². The van der Waals surface area contributed by atoms with E-state index in [0.29, 0.717) is 11.3 Å². The van der Waals surface area contributed by atoms with Gasteiger partial charge in [-0.3, -0.25) is 4.79 Å². The van der Waals surface area contributed by atoms with E-state index in [4.69, 9.17) is 13.9 Å². The highest BCUT2D eigenvalue weighted by Gasteiger charge is 2.56. The van der Waals surface area contributed by atoms with Gasteiger partial charge in [0.05, 0.1) is 13.7 Å². The van der Waals surface area contributed by atoms with Crippen molar-refractivity contribution in [2.75, 3.05) is 13.7 Å². The van der Waals surface area contributed by atoms with E-state index in [1.165, 1.54) is 32.2 Å². The normalized spacial score (nSPS) is 14.8. The fourth-order valence-corrected chi connectivity index (χ4v) is 4.00. The minimum atomic E-state index is -4.60. The first-order chi connectivity index (χ1) is 11.3. The molecule has 1 atom stereocenters. The average molecular weight is 378 g/mol. The van der Waals surface area contributed by atoms with Crippen LogP contribution in [0.1, 0.15) is 25.0 Å². The summed E-state index contributed by atoms with van der Waals surface area (Å²) in [7, 11) is -1.08. The van der Waals surface area contributed by atoms with Crippen molar-refractivity contribution < 1.29 is 31.9 Å². The Morgan fingerprint density at radius 3 is 2.24 bits per heavy atom. The van der Waals surface area contributed by atoms with Crippen molar-refractivity contribution in [3.63, 3.8) is 0 Å². The number of methoxy groups -OCH3 is 1. The Kier molecular flexibility index (Phi) is 6.69. The molecule has 0 amide bonds. The Bertz CT molecular complexity index is 611. The zero-order chi connectivity index (χ0) is 19.5. The summed E-state index contributed by atoms with van der Waals surface area (Å²) in [6, 6.07) is 4.37. The highest BCUT2D eigenvalue weighted by molar-refractivity contribution is 6.69. The van der Waals surface area contributed by atoms with E-state index in [1.807, 2.05) is 0 Å². The van der Waals surface area contributed by atoms with Crippen LogP contribution in [0, 0.1) is 0 Å². The van der Waals surface area contributed by atoms with E-state index >= 15 is 0 Å². The smallest absolute Gasteiger partial charge is 0.420 e. The van der Waals surface area contributed by atoms with Crippen molar-refractivity contribution in [2.45, 2.75) is 51.7 Å². The Labute approximate surface area is 147 Å². The molecule has 1 rings (SSSR count). The van der Waals surface area contributed by atoms with Crippen molar-refractivity contribution in [3.8, 4) is 5.75 Å². The highest BCUT2D eigenvalue weighted by Crippen LogP contribution is 2.45. The van der Waals surface area contributed by atoms with Crippen LogP contribution in [0.4, 0.5) is 13.2 Å². The van der Waals surface area contributed by atoms with E-state index in [2.05, 4.69) is 0 Å². The maximum atomic E-state index is 13.9. The fourth-order valence-electron chi connectivity index (χ4n) is 2.55. The number of alkyl halides is 3. The van der Waals surface area contributed by atoms with Crippen LogP contribution in [0.25, 0.3) is 0 Å². The Morgan fingerprint density at radius 2 is 1.80 bits per heavy atom. The molecule has 0 bridgehead atoms. The van der Waals surface area contributed by atoms with Crippen LogP contribution in [-0.4, -0.2) is 34.2 Å². The van der Waals surface area contributed by atoms with Gasteiger partial charge >= 0.3 is 12.1 Å². The monoisotopic (exact) mass is 378 g/mol. The number of esters is 1. The van der Waals surface area contributed by atoms with E-state index < -0.39 is 26.1 Å². The summed E-state index contributed by atoms with van der Waals surface area (Å²) in [6.07, 6.45) is -4.47. The van der Waals surface area contributed by atoms with Crippen molar-refractivity contribution in [2.24, 2.45) is 0 Å².